The van der Waals surface area contributed by atoms with E-state index in [1.165, 1.54) is 19.2 Å². The average molecular weight is 364 g/mol. The summed E-state index contributed by atoms with van der Waals surface area (Å²) >= 11 is 3.16. The Hall–Kier alpha value is -1.63. The summed E-state index contributed by atoms with van der Waals surface area (Å²) in [4.78, 5) is 0. The van der Waals surface area contributed by atoms with Crippen molar-refractivity contribution in [2.75, 3.05) is 12.4 Å². The largest absolute Gasteiger partial charge is 0.497 e. The third kappa shape index (κ3) is 3.72. The number of benzene rings is 1. The monoisotopic (exact) mass is 363 g/mol. The fraction of sp³-hybridized carbons (Fsp3) is 0.286. The van der Waals surface area contributed by atoms with Gasteiger partial charge in [-0.1, -0.05) is 0 Å². The molecule has 2 aromatic rings. The molecule has 1 heterocycles. The van der Waals surface area contributed by atoms with Gasteiger partial charge in [0.1, 0.15) is 11.5 Å². The van der Waals surface area contributed by atoms with Crippen LogP contribution in [-0.2, 0) is 6.18 Å². The maximum absolute atomic E-state index is 13.1. The molecule has 3 nitrogen and oxygen atoms in total. The molecule has 1 atom stereocenters. The van der Waals surface area contributed by atoms with Crippen LogP contribution < -0.4 is 10.1 Å². The van der Waals surface area contributed by atoms with Gasteiger partial charge in [-0.05, 0) is 53.2 Å². The lowest BCUT2D eigenvalue weighted by Crippen LogP contribution is -2.13. The van der Waals surface area contributed by atoms with E-state index in [0.717, 1.165) is 6.07 Å². The molecule has 1 aromatic carbocycles. The summed E-state index contributed by atoms with van der Waals surface area (Å²) in [5.41, 5.74) is -0.803. The second-order valence-electron chi connectivity index (χ2n) is 4.42. The van der Waals surface area contributed by atoms with E-state index in [9.17, 15) is 13.2 Å². The van der Waals surface area contributed by atoms with Gasteiger partial charge in [-0.3, -0.25) is 0 Å². The van der Waals surface area contributed by atoms with Gasteiger partial charge in [0.25, 0.3) is 0 Å². The molecule has 1 unspecified atom stereocenters. The summed E-state index contributed by atoms with van der Waals surface area (Å²) in [6, 6.07) is 6.75. The second-order valence-corrected chi connectivity index (χ2v) is 5.20. The van der Waals surface area contributed by atoms with E-state index < -0.39 is 17.8 Å². The van der Waals surface area contributed by atoms with Gasteiger partial charge in [-0.15, -0.1) is 0 Å². The summed E-state index contributed by atoms with van der Waals surface area (Å²) in [6.07, 6.45) is -4.47. The number of anilines is 1. The number of methoxy groups -OCH3 is 1. The molecule has 0 bridgehead atoms. The minimum Gasteiger partial charge on any atom is -0.497 e. The van der Waals surface area contributed by atoms with Crippen molar-refractivity contribution in [1.29, 1.82) is 0 Å². The minimum atomic E-state index is -4.47. The first kappa shape index (κ1) is 15.8. The highest BCUT2D eigenvalue weighted by Gasteiger charge is 2.34. The molecule has 21 heavy (non-hydrogen) atoms. The third-order valence-electron chi connectivity index (χ3n) is 2.92. The Bertz CT molecular complexity index is 625. The predicted octanol–water partition coefficient (Wildman–Crippen LogP) is 5.24. The lowest BCUT2D eigenvalue weighted by Gasteiger charge is -2.18. The Labute approximate surface area is 128 Å². The molecule has 1 aromatic heterocycles. The summed E-state index contributed by atoms with van der Waals surface area (Å²) in [6.45, 7) is 1.72. The fourth-order valence-electron chi connectivity index (χ4n) is 1.88. The van der Waals surface area contributed by atoms with Crippen molar-refractivity contribution in [1.82, 2.24) is 0 Å². The number of ether oxygens (including phenoxy) is 1. The smallest absolute Gasteiger partial charge is 0.418 e. The molecule has 0 spiro atoms. The Balaban J connectivity index is 2.31. The molecule has 0 aliphatic heterocycles. The van der Waals surface area contributed by atoms with Crippen molar-refractivity contribution >= 4 is 21.6 Å². The standard InChI is InChI=1S/C14H13BrF3NO2/c1-8(12-5-6-13(15)21-12)19-11-4-3-9(20-2)7-10(11)14(16,17)18/h3-8,19H,1-2H3. The zero-order valence-corrected chi connectivity index (χ0v) is 12.9. The number of rotatable bonds is 4. The van der Waals surface area contributed by atoms with Gasteiger partial charge in [-0.2, -0.15) is 13.2 Å². The molecular formula is C14H13BrF3NO2. The molecule has 0 aliphatic rings. The zero-order chi connectivity index (χ0) is 15.6. The van der Waals surface area contributed by atoms with Crippen molar-refractivity contribution < 1.29 is 22.3 Å². The molecule has 0 amide bonds. The van der Waals surface area contributed by atoms with E-state index in [4.69, 9.17) is 9.15 Å². The molecule has 114 valence electrons. The summed E-state index contributed by atoms with van der Waals surface area (Å²) in [7, 11) is 1.32. The van der Waals surface area contributed by atoms with E-state index >= 15 is 0 Å². The normalized spacial score (nSPS) is 13.0. The summed E-state index contributed by atoms with van der Waals surface area (Å²) in [5, 5.41) is 2.81. The maximum Gasteiger partial charge on any atom is 0.418 e. The van der Waals surface area contributed by atoms with E-state index in [1.54, 1.807) is 19.1 Å². The van der Waals surface area contributed by atoms with Crippen molar-refractivity contribution in [2.45, 2.75) is 19.1 Å². The Morgan fingerprint density at radius 1 is 1.24 bits per heavy atom. The topological polar surface area (TPSA) is 34.4 Å². The molecule has 1 N–H and O–H groups in total. The van der Waals surface area contributed by atoms with Gasteiger partial charge < -0.3 is 14.5 Å². The first-order chi connectivity index (χ1) is 9.81. The second kappa shape index (κ2) is 6.01. The minimum absolute atomic E-state index is 0.0247. The molecule has 0 radical (unpaired) electrons. The van der Waals surface area contributed by atoms with Crippen LogP contribution in [0.25, 0.3) is 0 Å². The number of nitrogens with one attached hydrogen (secondary N) is 1. The van der Waals surface area contributed by atoms with E-state index in [1.807, 2.05) is 0 Å². The van der Waals surface area contributed by atoms with Crippen molar-refractivity contribution in [3.05, 3.63) is 46.3 Å². The lowest BCUT2D eigenvalue weighted by molar-refractivity contribution is -0.137. The Morgan fingerprint density at radius 3 is 2.48 bits per heavy atom. The number of hydrogen-bond donors (Lipinski definition) is 1. The molecule has 0 saturated carbocycles. The lowest BCUT2D eigenvalue weighted by atomic mass is 10.1. The highest BCUT2D eigenvalue weighted by atomic mass is 79.9. The van der Waals surface area contributed by atoms with Crippen molar-refractivity contribution in [3.8, 4) is 5.75 Å². The van der Waals surface area contributed by atoms with Crippen LogP contribution in [0.5, 0.6) is 5.75 Å². The predicted molar refractivity (Wildman–Crippen MR) is 76.4 cm³/mol. The van der Waals surface area contributed by atoms with Crippen LogP contribution in [0.4, 0.5) is 18.9 Å². The Morgan fingerprint density at radius 2 is 1.95 bits per heavy atom. The van der Waals surface area contributed by atoms with Crippen LogP contribution in [-0.4, -0.2) is 7.11 Å². The molecule has 0 saturated heterocycles. The van der Waals surface area contributed by atoms with Crippen LogP contribution in [0.15, 0.2) is 39.4 Å². The maximum atomic E-state index is 13.1. The molecule has 7 heteroatoms. The van der Waals surface area contributed by atoms with Gasteiger partial charge >= 0.3 is 6.18 Å². The summed E-state index contributed by atoms with van der Waals surface area (Å²) in [5.74, 6) is 0.687. The van der Waals surface area contributed by atoms with Gasteiger partial charge in [0, 0.05) is 5.69 Å². The van der Waals surface area contributed by atoms with Gasteiger partial charge in [0.2, 0.25) is 0 Å². The first-order valence-corrected chi connectivity index (χ1v) is 6.87. The van der Waals surface area contributed by atoms with Crippen LogP contribution in [0, 0.1) is 0 Å². The molecule has 2 rings (SSSR count). The van der Waals surface area contributed by atoms with E-state index in [0.29, 0.717) is 10.4 Å². The molecule has 0 aliphatic carbocycles. The van der Waals surface area contributed by atoms with Crippen LogP contribution in [0.2, 0.25) is 0 Å². The van der Waals surface area contributed by atoms with Gasteiger partial charge in [-0.25, -0.2) is 0 Å². The van der Waals surface area contributed by atoms with E-state index in [2.05, 4.69) is 21.2 Å². The third-order valence-corrected chi connectivity index (χ3v) is 3.35. The van der Waals surface area contributed by atoms with Crippen LogP contribution >= 0.6 is 15.9 Å². The van der Waals surface area contributed by atoms with Gasteiger partial charge in [0.15, 0.2) is 4.67 Å². The number of halogens is 4. The number of hydrogen-bond acceptors (Lipinski definition) is 3. The van der Waals surface area contributed by atoms with Crippen LogP contribution in [0.3, 0.4) is 0 Å². The fourth-order valence-corrected chi connectivity index (χ4v) is 2.20. The van der Waals surface area contributed by atoms with E-state index in [-0.39, 0.29) is 11.4 Å². The van der Waals surface area contributed by atoms with Crippen molar-refractivity contribution in [2.24, 2.45) is 0 Å². The average Bonchev–Trinajstić information content (AvgIpc) is 2.84. The molecule has 0 fully saturated rings. The highest BCUT2D eigenvalue weighted by molar-refractivity contribution is 9.10. The Kier molecular flexibility index (Phi) is 4.51. The van der Waals surface area contributed by atoms with Crippen LogP contribution in [0.1, 0.15) is 24.3 Å². The SMILES string of the molecule is COc1ccc(NC(C)c2ccc(Br)o2)c(C(F)(F)F)c1. The summed E-state index contributed by atoms with van der Waals surface area (Å²) < 4.78 is 50.0. The first-order valence-electron chi connectivity index (χ1n) is 6.08. The number of furan rings is 1. The zero-order valence-electron chi connectivity index (χ0n) is 11.3. The molecular weight excluding hydrogens is 351 g/mol. The number of alkyl halides is 3. The quantitative estimate of drug-likeness (QED) is 0.806. The highest BCUT2D eigenvalue weighted by Crippen LogP contribution is 2.38. The van der Waals surface area contributed by atoms with Crippen molar-refractivity contribution in [3.63, 3.8) is 0 Å². The van der Waals surface area contributed by atoms with Gasteiger partial charge in [0.05, 0.1) is 18.7 Å².